The number of hydrogen-bond acceptors (Lipinski definition) is 2. The molecule has 0 spiro atoms. The van der Waals surface area contributed by atoms with E-state index in [0.29, 0.717) is 11.3 Å². The Morgan fingerprint density at radius 2 is 1.67 bits per heavy atom. The molecule has 4 heteroatoms. The summed E-state index contributed by atoms with van der Waals surface area (Å²) in [4.78, 5) is 24.0. The second-order valence-electron chi connectivity index (χ2n) is 4.54. The van der Waals surface area contributed by atoms with Crippen molar-refractivity contribution in [3.63, 3.8) is 0 Å². The van der Waals surface area contributed by atoms with Gasteiger partial charge >= 0.3 is 5.69 Å². The number of aryl methyl sites for hydroxylation is 1. The van der Waals surface area contributed by atoms with E-state index < -0.39 is 0 Å². The molecule has 94 valence electrons. The lowest BCUT2D eigenvalue weighted by Gasteiger charge is -2.12. The van der Waals surface area contributed by atoms with Gasteiger partial charge in [0.1, 0.15) is 0 Å². The number of aromatic nitrogens is 2. The summed E-state index contributed by atoms with van der Waals surface area (Å²) in [6, 6.07) is 7.73. The van der Waals surface area contributed by atoms with Crippen molar-refractivity contribution in [1.29, 1.82) is 0 Å². The number of hydrogen-bond donors (Lipinski definition) is 0. The van der Waals surface area contributed by atoms with Gasteiger partial charge in [0.15, 0.2) is 0 Å². The molecule has 0 saturated carbocycles. The highest BCUT2D eigenvalue weighted by Crippen LogP contribution is 2.19. The van der Waals surface area contributed by atoms with E-state index in [4.69, 9.17) is 0 Å². The summed E-state index contributed by atoms with van der Waals surface area (Å²) in [6.45, 7) is 3.77. The van der Waals surface area contributed by atoms with E-state index in [2.05, 4.69) is 0 Å². The molecular formula is C14H16N2O2. The van der Waals surface area contributed by atoms with Crippen LogP contribution in [-0.2, 0) is 14.1 Å². The van der Waals surface area contributed by atoms with E-state index in [1.807, 2.05) is 31.2 Å². The summed E-state index contributed by atoms with van der Waals surface area (Å²) in [6.07, 6.45) is 0. The Balaban J connectivity index is 2.89. The monoisotopic (exact) mass is 244 g/mol. The van der Waals surface area contributed by atoms with Crippen LogP contribution < -0.4 is 11.2 Å². The lowest BCUT2D eigenvalue weighted by Crippen LogP contribution is -2.39. The molecule has 0 bridgehead atoms. The summed E-state index contributed by atoms with van der Waals surface area (Å²) in [5.41, 5.74) is 2.67. The van der Waals surface area contributed by atoms with Crippen molar-refractivity contribution in [3.8, 4) is 11.1 Å². The van der Waals surface area contributed by atoms with Gasteiger partial charge in [-0.1, -0.05) is 29.8 Å². The molecule has 1 heterocycles. The second-order valence-corrected chi connectivity index (χ2v) is 4.54. The van der Waals surface area contributed by atoms with Gasteiger partial charge in [0.2, 0.25) is 0 Å². The fourth-order valence-electron chi connectivity index (χ4n) is 2.08. The number of nitrogens with zero attached hydrogens (tertiary/aromatic N) is 2. The molecule has 0 aliphatic heterocycles. The first kappa shape index (κ1) is 12.4. The SMILES string of the molecule is Cc1cccc(-c2c(C)n(C)c(=O)n(C)c2=O)c1. The van der Waals surface area contributed by atoms with Gasteiger partial charge in [0.25, 0.3) is 5.56 Å². The molecule has 4 nitrogen and oxygen atoms in total. The predicted molar refractivity (Wildman–Crippen MR) is 71.8 cm³/mol. The molecular weight excluding hydrogens is 228 g/mol. The number of rotatable bonds is 1. The van der Waals surface area contributed by atoms with Crippen LogP contribution in [0.1, 0.15) is 11.3 Å². The molecule has 1 aromatic carbocycles. The highest BCUT2D eigenvalue weighted by molar-refractivity contribution is 5.65. The van der Waals surface area contributed by atoms with Gasteiger partial charge < -0.3 is 4.57 Å². The van der Waals surface area contributed by atoms with E-state index in [0.717, 1.165) is 15.7 Å². The minimum atomic E-state index is -0.297. The van der Waals surface area contributed by atoms with Gasteiger partial charge in [-0.25, -0.2) is 4.79 Å². The Kier molecular flexibility index (Phi) is 2.95. The molecule has 0 aliphatic carbocycles. The van der Waals surface area contributed by atoms with E-state index in [1.165, 1.54) is 11.6 Å². The zero-order valence-electron chi connectivity index (χ0n) is 11.0. The maximum atomic E-state index is 12.2. The Morgan fingerprint density at radius 1 is 1.00 bits per heavy atom. The third-order valence-corrected chi connectivity index (χ3v) is 3.26. The van der Waals surface area contributed by atoms with E-state index in [-0.39, 0.29) is 11.2 Å². The molecule has 2 rings (SSSR count). The van der Waals surface area contributed by atoms with Crippen molar-refractivity contribution in [3.05, 3.63) is 56.4 Å². The fraction of sp³-hybridized carbons (Fsp3) is 0.286. The van der Waals surface area contributed by atoms with Gasteiger partial charge in [-0.2, -0.15) is 0 Å². The average Bonchev–Trinajstić information content (AvgIpc) is 2.34. The second kappa shape index (κ2) is 4.29. The lowest BCUT2D eigenvalue weighted by molar-refractivity contribution is 0.671. The van der Waals surface area contributed by atoms with Crippen molar-refractivity contribution in [2.24, 2.45) is 14.1 Å². The van der Waals surface area contributed by atoms with Crippen molar-refractivity contribution in [2.75, 3.05) is 0 Å². The van der Waals surface area contributed by atoms with Crippen LogP contribution in [0.5, 0.6) is 0 Å². The first-order valence-corrected chi connectivity index (χ1v) is 5.77. The van der Waals surface area contributed by atoms with Gasteiger partial charge in [0, 0.05) is 19.8 Å². The van der Waals surface area contributed by atoms with Crippen molar-refractivity contribution >= 4 is 0 Å². The van der Waals surface area contributed by atoms with Crippen LogP contribution in [0.2, 0.25) is 0 Å². The third kappa shape index (κ3) is 1.79. The lowest BCUT2D eigenvalue weighted by atomic mass is 10.0. The molecule has 0 amide bonds. The minimum Gasteiger partial charge on any atom is -0.300 e. The van der Waals surface area contributed by atoms with E-state index in [1.54, 1.807) is 14.0 Å². The third-order valence-electron chi connectivity index (χ3n) is 3.26. The summed E-state index contributed by atoms with van der Waals surface area (Å²) in [5.74, 6) is 0. The zero-order chi connectivity index (χ0) is 13.4. The summed E-state index contributed by atoms with van der Waals surface area (Å²) < 4.78 is 2.64. The minimum absolute atomic E-state index is 0.249. The highest BCUT2D eigenvalue weighted by atomic mass is 16.2. The average molecular weight is 244 g/mol. The standard InChI is InChI=1S/C14H16N2O2/c1-9-6-5-7-11(8-9)12-10(2)15(3)14(18)16(4)13(12)17/h5-8H,1-4H3. The molecule has 0 N–H and O–H groups in total. The topological polar surface area (TPSA) is 44.0 Å². The normalized spacial score (nSPS) is 10.7. The molecule has 0 fully saturated rings. The van der Waals surface area contributed by atoms with Crippen LogP contribution in [0, 0.1) is 13.8 Å². The zero-order valence-corrected chi connectivity index (χ0v) is 11.0. The maximum Gasteiger partial charge on any atom is 0.330 e. The van der Waals surface area contributed by atoms with Crippen molar-refractivity contribution in [2.45, 2.75) is 13.8 Å². The van der Waals surface area contributed by atoms with Crippen molar-refractivity contribution < 1.29 is 0 Å². The Morgan fingerprint density at radius 3 is 2.28 bits per heavy atom. The quantitative estimate of drug-likeness (QED) is 0.760. The molecule has 0 aliphatic rings. The highest BCUT2D eigenvalue weighted by Gasteiger charge is 2.13. The number of benzene rings is 1. The first-order valence-electron chi connectivity index (χ1n) is 5.77. The summed E-state index contributed by atoms with van der Waals surface area (Å²) in [7, 11) is 3.18. The maximum absolute atomic E-state index is 12.2. The molecule has 0 radical (unpaired) electrons. The van der Waals surface area contributed by atoms with Crippen LogP contribution in [0.4, 0.5) is 0 Å². The Bertz CT molecular complexity index is 724. The van der Waals surface area contributed by atoms with Gasteiger partial charge in [-0.3, -0.25) is 9.36 Å². The van der Waals surface area contributed by atoms with Gasteiger partial charge in [-0.05, 0) is 19.4 Å². The summed E-state index contributed by atoms with van der Waals surface area (Å²) in [5, 5.41) is 0. The van der Waals surface area contributed by atoms with Crippen LogP contribution in [0.15, 0.2) is 33.9 Å². The Hall–Kier alpha value is -2.10. The van der Waals surface area contributed by atoms with Gasteiger partial charge in [-0.15, -0.1) is 0 Å². The van der Waals surface area contributed by atoms with Crippen LogP contribution in [0.25, 0.3) is 11.1 Å². The fourth-order valence-corrected chi connectivity index (χ4v) is 2.08. The first-order chi connectivity index (χ1) is 8.43. The Labute approximate surface area is 105 Å². The van der Waals surface area contributed by atoms with Crippen molar-refractivity contribution in [1.82, 2.24) is 9.13 Å². The van der Waals surface area contributed by atoms with Crippen LogP contribution in [0.3, 0.4) is 0 Å². The molecule has 2 aromatic rings. The molecule has 0 unspecified atom stereocenters. The molecule has 1 aromatic heterocycles. The largest absolute Gasteiger partial charge is 0.330 e. The van der Waals surface area contributed by atoms with E-state index in [9.17, 15) is 9.59 Å². The smallest absolute Gasteiger partial charge is 0.300 e. The van der Waals surface area contributed by atoms with Crippen LogP contribution in [-0.4, -0.2) is 9.13 Å². The molecule has 0 saturated heterocycles. The van der Waals surface area contributed by atoms with Crippen LogP contribution >= 0.6 is 0 Å². The summed E-state index contributed by atoms with van der Waals surface area (Å²) >= 11 is 0. The van der Waals surface area contributed by atoms with Gasteiger partial charge in [0.05, 0.1) is 5.56 Å². The van der Waals surface area contributed by atoms with E-state index >= 15 is 0 Å². The molecule has 0 atom stereocenters. The predicted octanol–water partition coefficient (Wildman–Crippen LogP) is 1.37. The molecule has 18 heavy (non-hydrogen) atoms.